The van der Waals surface area contributed by atoms with Gasteiger partial charge in [0.15, 0.2) is 5.95 Å². The molecule has 1 aliphatic heterocycles. The van der Waals surface area contributed by atoms with Gasteiger partial charge in [-0.1, -0.05) is 6.08 Å². The van der Waals surface area contributed by atoms with E-state index in [1.165, 1.54) is 17.4 Å². The SMILES string of the molecule is FC1=CC=C(c2cscn2)CN1. The molecule has 0 radical (unpaired) electrons. The minimum absolute atomic E-state index is 0.283. The van der Waals surface area contributed by atoms with Gasteiger partial charge in [-0.2, -0.15) is 4.39 Å². The molecule has 0 aromatic carbocycles. The van der Waals surface area contributed by atoms with Gasteiger partial charge >= 0.3 is 0 Å². The van der Waals surface area contributed by atoms with Gasteiger partial charge in [0.1, 0.15) is 0 Å². The average molecular weight is 182 g/mol. The molecular weight excluding hydrogens is 175 g/mol. The Morgan fingerprint density at radius 1 is 1.50 bits per heavy atom. The molecule has 62 valence electrons. The number of aromatic nitrogens is 1. The fourth-order valence-electron chi connectivity index (χ4n) is 1.02. The zero-order valence-corrected chi connectivity index (χ0v) is 7.07. The van der Waals surface area contributed by atoms with E-state index in [1.54, 1.807) is 11.6 Å². The summed E-state index contributed by atoms with van der Waals surface area (Å²) in [6.07, 6.45) is 3.17. The van der Waals surface area contributed by atoms with Gasteiger partial charge in [-0.05, 0) is 11.6 Å². The van der Waals surface area contributed by atoms with Crippen molar-refractivity contribution in [3.05, 3.63) is 34.7 Å². The molecule has 1 aromatic rings. The van der Waals surface area contributed by atoms with Crippen molar-refractivity contribution in [3.63, 3.8) is 0 Å². The highest BCUT2D eigenvalue weighted by Crippen LogP contribution is 2.16. The summed E-state index contributed by atoms with van der Waals surface area (Å²) in [6.45, 7) is 0.520. The number of nitrogens with zero attached hydrogens (tertiary/aromatic N) is 1. The Kier molecular flexibility index (Phi) is 1.91. The number of hydrogen-bond acceptors (Lipinski definition) is 3. The Bertz CT molecular complexity index is 327. The normalized spacial score (nSPS) is 16.4. The van der Waals surface area contributed by atoms with Gasteiger partial charge in [0.05, 0.1) is 11.2 Å². The van der Waals surface area contributed by atoms with Crippen molar-refractivity contribution in [1.82, 2.24) is 10.3 Å². The van der Waals surface area contributed by atoms with Gasteiger partial charge in [0, 0.05) is 11.9 Å². The number of rotatable bonds is 1. The number of dihydropyridines is 1. The fraction of sp³-hybridized carbons (Fsp3) is 0.125. The van der Waals surface area contributed by atoms with Gasteiger partial charge in [0.25, 0.3) is 0 Å². The average Bonchev–Trinajstić information content (AvgIpc) is 2.58. The standard InChI is InChI=1S/C8H7FN2S/c9-8-2-1-6(3-10-8)7-4-12-5-11-7/h1-2,4-5,10H,3H2. The van der Waals surface area contributed by atoms with Crippen LogP contribution in [0.5, 0.6) is 0 Å². The first kappa shape index (κ1) is 7.49. The van der Waals surface area contributed by atoms with Crippen LogP contribution in [0, 0.1) is 0 Å². The molecule has 12 heavy (non-hydrogen) atoms. The van der Waals surface area contributed by atoms with Crippen molar-refractivity contribution in [2.75, 3.05) is 6.54 Å². The number of hydrogen-bond donors (Lipinski definition) is 1. The van der Waals surface area contributed by atoms with Crippen LogP contribution in [0.15, 0.2) is 29.0 Å². The predicted octanol–water partition coefficient (Wildman–Crippen LogP) is 1.94. The van der Waals surface area contributed by atoms with E-state index in [9.17, 15) is 4.39 Å². The molecule has 0 aliphatic carbocycles. The molecule has 1 N–H and O–H groups in total. The van der Waals surface area contributed by atoms with E-state index >= 15 is 0 Å². The van der Waals surface area contributed by atoms with Crippen molar-refractivity contribution in [1.29, 1.82) is 0 Å². The third kappa shape index (κ3) is 1.38. The second-order valence-electron chi connectivity index (χ2n) is 2.43. The van der Waals surface area contributed by atoms with E-state index in [0.717, 1.165) is 11.3 Å². The molecule has 2 nitrogen and oxygen atoms in total. The summed E-state index contributed by atoms with van der Waals surface area (Å²) in [7, 11) is 0. The second kappa shape index (κ2) is 3.06. The van der Waals surface area contributed by atoms with Crippen molar-refractivity contribution < 1.29 is 4.39 Å². The summed E-state index contributed by atoms with van der Waals surface area (Å²) in [6, 6.07) is 0. The first-order valence-electron chi connectivity index (χ1n) is 3.55. The van der Waals surface area contributed by atoms with Crippen molar-refractivity contribution >= 4 is 16.9 Å². The molecule has 0 fully saturated rings. The van der Waals surface area contributed by atoms with E-state index in [-0.39, 0.29) is 5.95 Å². The Balaban J connectivity index is 2.27. The van der Waals surface area contributed by atoms with Crippen LogP contribution in [0.1, 0.15) is 5.69 Å². The zero-order chi connectivity index (χ0) is 8.39. The summed E-state index contributed by atoms with van der Waals surface area (Å²) in [5.41, 5.74) is 3.72. The third-order valence-electron chi connectivity index (χ3n) is 1.64. The lowest BCUT2D eigenvalue weighted by Gasteiger charge is -2.09. The lowest BCUT2D eigenvalue weighted by Crippen LogP contribution is -2.16. The topological polar surface area (TPSA) is 24.9 Å². The molecule has 0 amide bonds. The van der Waals surface area contributed by atoms with E-state index in [0.29, 0.717) is 6.54 Å². The van der Waals surface area contributed by atoms with Gasteiger partial charge in [-0.3, -0.25) is 0 Å². The number of thiazole rings is 1. The minimum Gasteiger partial charge on any atom is -0.358 e. The molecule has 4 heteroatoms. The van der Waals surface area contributed by atoms with Crippen LogP contribution in [0.4, 0.5) is 4.39 Å². The summed E-state index contributed by atoms with van der Waals surface area (Å²) in [5, 5.41) is 4.56. The summed E-state index contributed by atoms with van der Waals surface area (Å²) in [4.78, 5) is 4.12. The molecule has 1 aliphatic rings. The first-order chi connectivity index (χ1) is 5.86. The quantitative estimate of drug-likeness (QED) is 0.671. The van der Waals surface area contributed by atoms with E-state index in [4.69, 9.17) is 0 Å². The lowest BCUT2D eigenvalue weighted by molar-refractivity contribution is 0.559. The molecule has 0 spiro atoms. The molecule has 1 aromatic heterocycles. The third-order valence-corrected chi connectivity index (χ3v) is 2.23. The summed E-state index contributed by atoms with van der Waals surface area (Å²) < 4.78 is 12.5. The van der Waals surface area contributed by atoms with Crippen molar-refractivity contribution in [3.8, 4) is 0 Å². The van der Waals surface area contributed by atoms with E-state index < -0.39 is 0 Å². The van der Waals surface area contributed by atoms with Gasteiger partial charge in [-0.15, -0.1) is 11.3 Å². The van der Waals surface area contributed by atoms with Crippen molar-refractivity contribution in [2.24, 2.45) is 0 Å². The molecule has 0 atom stereocenters. The maximum atomic E-state index is 12.5. The number of halogens is 1. The molecule has 0 saturated carbocycles. The van der Waals surface area contributed by atoms with Gasteiger partial charge in [-0.25, -0.2) is 4.98 Å². The van der Waals surface area contributed by atoms with Gasteiger partial charge in [0.2, 0.25) is 0 Å². The molecule has 0 saturated heterocycles. The highest BCUT2D eigenvalue weighted by atomic mass is 32.1. The van der Waals surface area contributed by atoms with Crippen LogP contribution in [-0.2, 0) is 0 Å². The summed E-state index contributed by atoms with van der Waals surface area (Å²) in [5.74, 6) is -0.283. The van der Waals surface area contributed by atoms with E-state index in [2.05, 4.69) is 10.3 Å². The van der Waals surface area contributed by atoms with Crippen LogP contribution in [0.25, 0.3) is 5.57 Å². The molecule has 0 unspecified atom stereocenters. The smallest absolute Gasteiger partial charge is 0.187 e. The van der Waals surface area contributed by atoms with Crippen LogP contribution in [0.3, 0.4) is 0 Å². The maximum absolute atomic E-state index is 12.5. The lowest BCUT2D eigenvalue weighted by atomic mass is 10.1. The molecule has 2 heterocycles. The molecular formula is C8H7FN2S. The highest BCUT2D eigenvalue weighted by Gasteiger charge is 2.07. The monoisotopic (exact) mass is 182 g/mol. The van der Waals surface area contributed by atoms with Crippen LogP contribution in [0.2, 0.25) is 0 Å². The molecule has 2 rings (SSSR count). The largest absolute Gasteiger partial charge is 0.358 e. The Labute approximate surface area is 73.4 Å². The maximum Gasteiger partial charge on any atom is 0.187 e. The minimum atomic E-state index is -0.283. The fourth-order valence-corrected chi connectivity index (χ4v) is 1.59. The van der Waals surface area contributed by atoms with Crippen LogP contribution in [-0.4, -0.2) is 11.5 Å². The molecule has 0 bridgehead atoms. The van der Waals surface area contributed by atoms with Crippen LogP contribution >= 0.6 is 11.3 Å². The Morgan fingerprint density at radius 3 is 3.00 bits per heavy atom. The first-order valence-corrected chi connectivity index (χ1v) is 4.49. The zero-order valence-electron chi connectivity index (χ0n) is 6.25. The summed E-state index contributed by atoms with van der Waals surface area (Å²) >= 11 is 1.54. The highest BCUT2D eigenvalue weighted by molar-refractivity contribution is 7.07. The van der Waals surface area contributed by atoms with Crippen LogP contribution < -0.4 is 5.32 Å². The number of nitrogens with one attached hydrogen (secondary N) is 1. The second-order valence-corrected chi connectivity index (χ2v) is 3.15. The van der Waals surface area contributed by atoms with E-state index in [1.807, 2.05) is 5.38 Å². The Hall–Kier alpha value is -1.16. The Morgan fingerprint density at radius 2 is 2.42 bits per heavy atom. The predicted molar refractivity (Wildman–Crippen MR) is 47.3 cm³/mol. The van der Waals surface area contributed by atoms with Gasteiger partial charge < -0.3 is 5.32 Å². The number of allylic oxidation sites excluding steroid dienone is 2. The van der Waals surface area contributed by atoms with Crippen molar-refractivity contribution in [2.45, 2.75) is 0 Å².